The van der Waals surface area contributed by atoms with Crippen molar-refractivity contribution in [3.8, 4) is 5.75 Å². The zero-order valence-corrected chi connectivity index (χ0v) is 11.3. The number of ether oxygens (including phenoxy) is 1. The van der Waals surface area contributed by atoms with Gasteiger partial charge in [-0.3, -0.25) is 4.79 Å². The van der Waals surface area contributed by atoms with Gasteiger partial charge in [-0.2, -0.15) is 0 Å². The number of primary amides is 1. The van der Waals surface area contributed by atoms with Gasteiger partial charge in [0.05, 0.1) is 11.6 Å². The Labute approximate surface area is 122 Å². The van der Waals surface area contributed by atoms with E-state index in [4.69, 9.17) is 11.5 Å². The Balaban J connectivity index is 3.10. The first-order valence-electron chi connectivity index (χ1n) is 5.92. The Morgan fingerprint density at radius 1 is 1.27 bits per heavy atom. The Morgan fingerprint density at radius 3 is 2.36 bits per heavy atom. The molecule has 2 atom stereocenters. The van der Waals surface area contributed by atoms with E-state index in [1.807, 2.05) is 0 Å². The van der Waals surface area contributed by atoms with Gasteiger partial charge in [0.25, 0.3) is 6.43 Å². The van der Waals surface area contributed by atoms with Gasteiger partial charge in [0.2, 0.25) is 12.2 Å². The second-order valence-electron chi connectivity index (χ2n) is 4.30. The Bertz CT molecular complexity index is 583. The zero-order valence-electron chi connectivity index (χ0n) is 11.3. The van der Waals surface area contributed by atoms with Crippen LogP contribution in [0.15, 0.2) is 12.1 Å². The molecule has 1 aromatic carbocycles. The third kappa shape index (κ3) is 4.24. The number of anilines is 1. The monoisotopic (exact) mass is 323 g/mol. The summed E-state index contributed by atoms with van der Waals surface area (Å²) in [5, 5.41) is 1.41. The van der Waals surface area contributed by atoms with E-state index in [0.717, 1.165) is 12.1 Å². The molecule has 1 rings (SSSR count). The molecule has 2 unspecified atom stereocenters. The molecule has 0 radical (unpaired) electrons. The van der Waals surface area contributed by atoms with Crippen molar-refractivity contribution in [1.82, 2.24) is 5.32 Å². The first-order chi connectivity index (χ1) is 10.1. The molecule has 22 heavy (non-hydrogen) atoms. The molecular formula is C12H13F4N3O3. The van der Waals surface area contributed by atoms with E-state index in [-0.39, 0.29) is 17.0 Å². The Morgan fingerprint density at radius 2 is 1.86 bits per heavy atom. The number of nitrogens with two attached hydrogens (primary N) is 2. The molecule has 1 aromatic rings. The van der Waals surface area contributed by atoms with Crippen LogP contribution in [0.3, 0.4) is 0 Å². The maximum atomic E-state index is 13.5. The van der Waals surface area contributed by atoms with Crippen molar-refractivity contribution in [1.29, 1.82) is 0 Å². The molecule has 0 aliphatic heterocycles. The van der Waals surface area contributed by atoms with Crippen LogP contribution >= 0.6 is 0 Å². The van der Waals surface area contributed by atoms with E-state index in [9.17, 15) is 27.2 Å². The van der Waals surface area contributed by atoms with Crippen molar-refractivity contribution in [2.24, 2.45) is 5.73 Å². The second-order valence-corrected chi connectivity index (χ2v) is 4.30. The molecule has 0 heterocycles. The number of amides is 2. The highest BCUT2D eigenvalue weighted by Gasteiger charge is 2.27. The van der Waals surface area contributed by atoms with Gasteiger partial charge in [-0.15, -0.1) is 0 Å². The van der Waals surface area contributed by atoms with Crippen molar-refractivity contribution in [3.05, 3.63) is 23.5 Å². The topological polar surface area (TPSA) is 107 Å². The lowest BCUT2D eigenvalue weighted by Crippen LogP contribution is -2.39. The fourth-order valence-electron chi connectivity index (χ4n) is 1.58. The van der Waals surface area contributed by atoms with Crippen LogP contribution in [0, 0.1) is 5.82 Å². The molecule has 0 saturated carbocycles. The average Bonchev–Trinajstić information content (AvgIpc) is 2.40. The van der Waals surface area contributed by atoms with E-state index < -0.39 is 36.5 Å². The summed E-state index contributed by atoms with van der Waals surface area (Å²) in [6.45, 7) is 1.17. The summed E-state index contributed by atoms with van der Waals surface area (Å²) in [6, 6.07) is 1.67. The van der Waals surface area contributed by atoms with Crippen molar-refractivity contribution in [2.75, 3.05) is 5.73 Å². The fraction of sp³-hybridized carbons (Fsp3) is 0.333. The van der Waals surface area contributed by atoms with Crippen molar-refractivity contribution < 1.29 is 31.9 Å². The lowest BCUT2D eigenvalue weighted by molar-refractivity contribution is -0.126. The number of hydrogen-bond donors (Lipinski definition) is 3. The molecule has 0 aliphatic rings. The lowest BCUT2D eigenvalue weighted by Gasteiger charge is -2.18. The van der Waals surface area contributed by atoms with Crippen molar-refractivity contribution in [2.45, 2.75) is 25.6 Å². The SMILES string of the molecule is CC(C(=O)NC(F)C(F)F)c1cc(F)c(N)cc1OC(N)=O. The largest absolute Gasteiger partial charge is 0.410 e. The predicted octanol–water partition coefficient (Wildman–Crippen LogP) is 1.65. The van der Waals surface area contributed by atoms with Gasteiger partial charge < -0.3 is 21.5 Å². The summed E-state index contributed by atoms with van der Waals surface area (Å²) in [7, 11) is 0. The number of carbonyl (C=O) groups is 2. The minimum Gasteiger partial charge on any atom is -0.410 e. The van der Waals surface area contributed by atoms with E-state index in [0.29, 0.717) is 0 Å². The van der Waals surface area contributed by atoms with Crippen molar-refractivity contribution in [3.63, 3.8) is 0 Å². The van der Waals surface area contributed by atoms with Crippen LogP contribution in [0.1, 0.15) is 18.4 Å². The van der Waals surface area contributed by atoms with Gasteiger partial charge in [0.15, 0.2) is 0 Å². The van der Waals surface area contributed by atoms with Crippen LogP contribution in [0.4, 0.5) is 28.0 Å². The lowest BCUT2D eigenvalue weighted by atomic mass is 9.98. The Hall–Kier alpha value is -2.52. The molecule has 2 amide bonds. The van der Waals surface area contributed by atoms with Crippen molar-refractivity contribution >= 4 is 17.7 Å². The number of benzene rings is 1. The molecule has 10 heteroatoms. The number of hydrogen-bond acceptors (Lipinski definition) is 4. The van der Waals surface area contributed by atoms with E-state index >= 15 is 0 Å². The normalized spacial score (nSPS) is 13.5. The summed E-state index contributed by atoms with van der Waals surface area (Å²) in [5.41, 5.74) is 9.53. The summed E-state index contributed by atoms with van der Waals surface area (Å²) in [6.07, 6.45) is -7.55. The van der Waals surface area contributed by atoms with Crippen LogP contribution in [0.5, 0.6) is 5.75 Å². The molecule has 0 fully saturated rings. The second kappa shape index (κ2) is 6.96. The number of rotatable bonds is 5. The van der Waals surface area contributed by atoms with E-state index in [2.05, 4.69) is 4.74 Å². The van der Waals surface area contributed by atoms with E-state index in [1.54, 1.807) is 0 Å². The molecule has 0 saturated heterocycles. The summed E-state index contributed by atoms with van der Waals surface area (Å²) in [4.78, 5) is 22.5. The summed E-state index contributed by atoms with van der Waals surface area (Å²) < 4.78 is 55.0. The first kappa shape index (κ1) is 17.5. The number of nitrogen functional groups attached to an aromatic ring is 1. The van der Waals surface area contributed by atoms with Crippen LogP contribution < -0.4 is 21.5 Å². The zero-order chi connectivity index (χ0) is 17.0. The summed E-state index contributed by atoms with van der Waals surface area (Å²) in [5.74, 6) is -3.73. The first-order valence-corrected chi connectivity index (χ1v) is 5.92. The van der Waals surface area contributed by atoms with Gasteiger partial charge in [-0.1, -0.05) is 0 Å². The third-order valence-corrected chi connectivity index (χ3v) is 2.70. The van der Waals surface area contributed by atoms with Gasteiger partial charge in [-0.25, -0.2) is 22.4 Å². The highest BCUT2D eigenvalue weighted by atomic mass is 19.3. The smallest absolute Gasteiger partial charge is 0.409 e. The van der Waals surface area contributed by atoms with Crippen LogP contribution in [-0.2, 0) is 4.79 Å². The number of carbonyl (C=O) groups excluding carboxylic acids is 2. The van der Waals surface area contributed by atoms with Gasteiger partial charge in [-0.05, 0) is 13.0 Å². The van der Waals surface area contributed by atoms with Crippen LogP contribution in [0.25, 0.3) is 0 Å². The third-order valence-electron chi connectivity index (χ3n) is 2.70. The molecule has 122 valence electrons. The van der Waals surface area contributed by atoms with Crippen LogP contribution in [0.2, 0.25) is 0 Å². The molecular weight excluding hydrogens is 310 g/mol. The minimum absolute atomic E-state index is 0.204. The number of halogens is 4. The van der Waals surface area contributed by atoms with Gasteiger partial charge >= 0.3 is 6.09 Å². The van der Waals surface area contributed by atoms with Crippen LogP contribution in [-0.4, -0.2) is 24.7 Å². The maximum absolute atomic E-state index is 13.5. The van der Waals surface area contributed by atoms with Gasteiger partial charge in [0, 0.05) is 11.6 Å². The molecule has 5 N–H and O–H groups in total. The quantitative estimate of drug-likeness (QED) is 0.435. The predicted molar refractivity (Wildman–Crippen MR) is 68.5 cm³/mol. The highest BCUT2D eigenvalue weighted by Crippen LogP contribution is 2.31. The average molecular weight is 323 g/mol. The maximum Gasteiger partial charge on any atom is 0.409 e. The molecule has 6 nitrogen and oxygen atoms in total. The standard InChI is InChI=1S/C12H13F4N3O3/c1-4(11(20)19-10(16)9(14)15)5-2-6(13)7(17)3-8(5)22-12(18)21/h2-4,9-10H,17H2,1H3,(H2,18,21)(H,19,20). The Kier molecular flexibility index (Phi) is 5.55. The minimum atomic E-state index is -3.42. The number of alkyl halides is 3. The number of nitrogens with one attached hydrogen (secondary N) is 1. The van der Waals surface area contributed by atoms with Gasteiger partial charge in [0.1, 0.15) is 11.6 Å². The summed E-state index contributed by atoms with van der Waals surface area (Å²) >= 11 is 0. The molecule has 0 aromatic heterocycles. The molecule has 0 bridgehead atoms. The molecule has 0 aliphatic carbocycles. The fourth-order valence-corrected chi connectivity index (χ4v) is 1.58. The van der Waals surface area contributed by atoms with E-state index in [1.165, 1.54) is 12.2 Å². The highest BCUT2D eigenvalue weighted by molar-refractivity contribution is 5.85. The molecule has 0 spiro atoms.